The minimum Gasteiger partial charge on any atom is -0.396 e. The van der Waals surface area contributed by atoms with Crippen molar-refractivity contribution in [3.8, 4) is 0 Å². The lowest BCUT2D eigenvalue weighted by atomic mass is 10.0. The van der Waals surface area contributed by atoms with E-state index in [9.17, 15) is 4.79 Å². The first kappa shape index (κ1) is 14.6. The number of hydrogen-bond acceptors (Lipinski definition) is 2. The SMILES string of the molecule is Cc1ccccc1C(C)NC(=O)N[C@@H]1C=C[C@H](CO)C1. The van der Waals surface area contributed by atoms with Gasteiger partial charge in [-0.3, -0.25) is 0 Å². The molecule has 108 valence electrons. The van der Waals surface area contributed by atoms with E-state index >= 15 is 0 Å². The van der Waals surface area contributed by atoms with E-state index in [-0.39, 0.29) is 30.6 Å². The van der Waals surface area contributed by atoms with Gasteiger partial charge in [0.2, 0.25) is 0 Å². The second kappa shape index (κ2) is 6.57. The molecule has 3 N–H and O–H groups in total. The number of aliphatic hydroxyl groups is 1. The number of hydrogen-bond donors (Lipinski definition) is 3. The summed E-state index contributed by atoms with van der Waals surface area (Å²) < 4.78 is 0. The molecule has 4 nitrogen and oxygen atoms in total. The molecule has 0 fully saturated rings. The Morgan fingerprint density at radius 1 is 1.40 bits per heavy atom. The number of carbonyl (C=O) groups excluding carboxylic acids is 1. The quantitative estimate of drug-likeness (QED) is 0.738. The van der Waals surface area contributed by atoms with Gasteiger partial charge in [0, 0.05) is 18.6 Å². The van der Waals surface area contributed by atoms with Gasteiger partial charge in [-0.1, -0.05) is 36.4 Å². The third-order valence-corrected chi connectivity index (χ3v) is 3.73. The average molecular weight is 274 g/mol. The molecule has 1 aromatic rings. The molecule has 1 aliphatic carbocycles. The van der Waals surface area contributed by atoms with Crippen molar-refractivity contribution in [1.82, 2.24) is 10.6 Å². The van der Waals surface area contributed by atoms with Gasteiger partial charge in [0.05, 0.1) is 6.04 Å². The molecule has 0 saturated heterocycles. The van der Waals surface area contributed by atoms with E-state index in [2.05, 4.69) is 10.6 Å². The van der Waals surface area contributed by atoms with Crippen LogP contribution in [0.1, 0.15) is 30.5 Å². The van der Waals surface area contributed by atoms with E-state index in [1.54, 1.807) is 0 Å². The average Bonchev–Trinajstić information content (AvgIpc) is 2.86. The van der Waals surface area contributed by atoms with Crippen molar-refractivity contribution < 1.29 is 9.90 Å². The van der Waals surface area contributed by atoms with Crippen molar-refractivity contribution in [2.75, 3.05) is 6.61 Å². The predicted molar refractivity (Wildman–Crippen MR) is 79.4 cm³/mol. The zero-order valence-corrected chi connectivity index (χ0v) is 12.0. The van der Waals surface area contributed by atoms with Gasteiger partial charge >= 0.3 is 6.03 Å². The second-order valence-corrected chi connectivity index (χ2v) is 5.37. The highest BCUT2D eigenvalue weighted by Crippen LogP contribution is 2.18. The second-order valence-electron chi connectivity index (χ2n) is 5.37. The maximum atomic E-state index is 12.0. The van der Waals surface area contributed by atoms with Crippen LogP contribution < -0.4 is 10.6 Å². The van der Waals surface area contributed by atoms with E-state index in [1.165, 1.54) is 5.56 Å². The summed E-state index contributed by atoms with van der Waals surface area (Å²) in [5.41, 5.74) is 2.29. The maximum absolute atomic E-state index is 12.0. The smallest absolute Gasteiger partial charge is 0.315 e. The number of carbonyl (C=O) groups is 1. The summed E-state index contributed by atoms with van der Waals surface area (Å²) in [5, 5.41) is 14.9. The maximum Gasteiger partial charge on any atom is 0.315 e. The Morgan fingerprint density at radius 3 is 2.80 bits per heavy atom. The van der Waals surface area contributed by atoms with Gasteiger partial charge in [-0.2, -0.15) is 0 Å². The highest BCUT2D eigenvalue weighted by Gasteiger charge is 2.20. The molecule has 0 heterocycles. The zero-order valence-electron chi connectivity index (χ0n) is 12.0. The van der Waals surface area contributed by atoms with Crippen LogP contribution >= 0.6 is 0 Å². The van der Waals surface area contributed by atoms with E-state index in [0.29, 0.717) is 0 Å². The van der Waals surface area contributed by atoms with Gasteiger partial charge in [0.15, 0.2) is 0 Å². The molecule has 1 unspecified atom stereocenters. The third kappa shape index (κ3) is 3.61. The molecule has 20 heavy (non-hydrogen) atoms. The van der Waals surface area contributed by atoms with Crippen molar-refractivity contribution in [1.29, 1.82) is 0 Å². The zero-order chi connectivity index (χ0) is 14.5. The lowest BCUT2D eigenvalue weighted by Gasteiger charge is -2.19. The van der Waals surface area contributed by atoms with Gasteiger partial charge in [0.1, 0.15) is 0 Å². The summed E-state index contributed by atoms with van der Waals surface area (Å²) in [4.78, 5) is 12.0. The molecule has 1 aliphatic rings. The lowest BCUT2D eigenvalue weighted by Crippen LogP contribution is -2.42. The van der Waals surface area contributed by atoms with Crippen LogP contribution in [0.15, 0.2) is 36.4 Å². The first-order valence-electron chi connectivity index (χ1n) is 7.02. The highest BCUT2D eigenvalue weighted by atomic mass is 16.3. The van der Waals surface area contributed by atoms with Gasteiger partial charge in [-0.25, -0.2) is 4.79 Å². The van der Waals surface area contributed by atoms with Crippen molar-refractivity contribution in [3.63, 3.8) is 0 Å². The molecule has 1 aromatic carbocycles. The number of nitrogens with one attached hydrogen (secondary N) is 2. The Kier molecular flexibility index (Phi) is 4.79. The van der Waals surface area contributed by atoms with Crippen LogP contribution in [0.3, 0.4) is 0 Å². The van der Waals surface area contributed by atoms with Gasteiger partial charge < -0.3 is 15.7 Å². The van der Waals surface area contributed by atoms with Crippen LogP contribution in [-0.4, -0.2) is 23.8 Å². The van der Waals surface area contributed by atoms with E-state index in [1.807, 2.05) is 50.3 Å². The fraction of sp³-hybridized carbons (Fsp3) is 0.438. The van der Waals surface area contributed by atoms with Gasteiger partial charge in [-0.15, -0.1) is 0 Å². The fourth-order valence-corrected chi connectivity index (χ4v) is 2.57. The van der Waals surface area contributed by atoms with Crippen LogP contribution in [0.4, 0.5) is 4.79 Å². The van der Waals surface area contributed by atoms with Crippen molar-refractivity contribution in [3.05, 3.63) is 47.5 Å². The van der Waals surface area contributed by atoms with Crippen LogP contribution in [0.25, 0.3) is 0 Å². The van der Waals surface area contributed by atoms with Crippen molar-refractivity contribution in [2.24, 2.45) is 5.92 Å². The summed E-state index contributed by atoms with van der Waals surface area (Å²) in [7, 11) is 0. The number of benzene rings is 1. The Morgan fingerprint density at radius 2 is 2.15 bits per heavy atom. The molecule has 0 aromatic heterocycles. The number of amides is 2. The molecule has 0 saturated carbocycles. The Balaban J connectivity index is 1.86. The molecule has 0 spiro atoms. The minimum absolute atomic E-state index is 0.0104. The molecule has 0 aliphatic heterocycles. The molecule has 0 radical (unpaired) electrons. The number of aryl methyl sites for hydroxylation is 1. The molecule has 3 atom stereocenters. The molecular formula is C16H22N2O2. The summed E-state index contributed by atoms with van der Waals surface area (Å²) in [6.45, 7) is 4.15. The van der Waals surface area contributed by atoms with Crippen LogP contribution in [0, 0.1) is 12.8 Å². The third-order valence-electron chi connectivity index (χ3n) is 3.73. The minimum atomic E-state index is -0.172. The Labute approximate surface area is 119 Å². The van der Waals surface area contributed by atoms with Crippen molar-refractivity contribution >= 4 is 6.03 Å². The van der Waals surface area contributed by atoms with E-state index in [4.69, 9.17) is 5.11 Å². The number of urea groups is 1. The standard InChI is InChI=1S/C16H22N2O2/c1-11-5-3-4-6-15(11)12(2)17-16(20)18-14-8-7-13(9-14)10-19/h3-8,12-14,19H,9-10H2,1-2H3,(H2,17,18,20)/t12?,13-,14+/m0/s1. The summed E-state index contributed by atoms with van der Waals surface area (Å²) in [5.74, 6) is 0.161. The largest absolute Gasteiger partial charge is 0.396 e. The van der Waals surface area contributed by atoms with Crippen LogP contribution in [-0.2, 0) is 0 Å². The first-order chi connectivity index (χ1) is 9.60. The van der Waals surface area contributed by atoms with E-state index in [0.717, 1.165) is 12.0 Å². The fourth-order valence-electron chi connectivity index (χ4n) is 2.57. The molecule has 2 amide bonds. The topological polar surface area (TPSA) is 61.4 Å². The van der Waals surface area contributed by atoms with Gasteiger partial charge in [-0.05, 0) is 31.4 Å². The number of aliphatic hydroxyl groups excluding tert-OH is 1. The lowest BCUT2D eigenvalue weighted by molar-refractivity contribution is 0.229. The first-order valence-corrected chi connectivity index (χ1v) is 7.02. The molecular weight excluding hydrogens is 252 g/mol. The molecule has 4 heteroatoms. The Hall–Kier alpha value is -1.81. The number of rotatable bonds is 4. The summed E-state index contributed by atoms with van der Waals surface area (Å²) in [6.07, 6.45) is 4.66. The molecule has 0 bridgehead atoms. The molecule has 2 rings (SSSR count). The predicted octanol–water partition coefficient (Wildman–Crippen LogP) is 2.29. The summed E-state index contributed by atoms with van der Waals surface area (Å²) >= 11 is 0. The van der Waals surface area contributed by atoms with Crippen LogP contribution in [0.2, 0.25) is 0 Å². The van der Waals surface area contributed by atoms with E-state index < -0.39 is 0 Å². The monoisotopic (exact) mass is 274 g/mol. The normalized spacial score (nSPS) is 22.6. The van der Waals surface area contributed by atoms with Gasteiger partial charge in [0.25, 0.3) is 0 Å². The van der Waals surface area contributed by atoms with Crippen molar-refractivity contribution in [2.45, 2.75) is 32.4 Å². The highest BCUT2D eigenvalue weighted by molar-refractivity contribution is 5.75. The summed E-state index contributed by atoms with van der Waals surface area (Å²) in [6, 6.07) is 7.84. The Bertz CT molecular complexity index is 499. The van der Waals surface area contributed by atoms with Crippen LogP contribution in [0.5, 0.6) is 0 Å².